The Labute approximate surface area is 200 Å². The normalized spacial score (nSPS) is 14.1. The molecule has 3 N–H and O–H groups in total. The van der Waals surface area contributed by atoms with Gasteiger partial charge in [0, 0.05) is 24.9 Å². The molecule has 34 heavy (non-hydrogen) atoms. The van der Waals surface area contributed by atoms with E-state index in [4.69, 9.17) is 4.74 Å². The van der Waals surface area contributed by atoms with Crippen LogP contribution in [0.15, 0.2) is 48.5 Å². The van der Waals surface area contributed by atoms with Crippen molar-refractivity contribution in [1.29, 1.82) is 0 Å². The van der Waals surface area contributed by atoms with Crippen LogP contribution >= 0.6 is 0 Å². The van der Waals surface area contributed by atoms with Gasteiger partial charge in [-0.1, -0.05) is 55.5 Å². The maximum atomic E-state index is 12.5. The summed E-state index contributed by atoms with van der Waals surface area (Å²) in [5, 5.41) is 14.7. The van der Waals surface area contributed by atoms with Gasteiger partial charge in [0.25, 0.3) is 0 Å². The van der Waals surface area contributed by atoms with Crippen LogP contribution in [0.3, 0.4) is 0 Å². The number of nitrogens with zero attached hydrogens (tertiary/aromatic N) is 1. The summed E-state index contributed by atoms with van der Waals surface area (Å²) in [6, 6.07) is 14.8. The van der Waals surface area contributed by atoms with Crippen LogP contribution in [-0.2, 0) is 14.3 Å². The summed E-state index contributed by atoms with van der Waals surface area (Å²) in [7, 11) is 3.68. The number of ether oxygens (including phenoxy) is 1. The molecule has 0 spiro atoms. The number of carbonyl (C=O) groups is 3. The predicted molar refractivity (Wildman–Crippen MR) is 130 cm³/mol. The van der Waals surface area contributed by atoms with Crippen molar-refractivity contribution in [3.63, 3.8) is 0 Å². The lowest BCUT2D eigenvalue weighted by Crippen LogP contribution is -2.45. The summed E-state index contributed by atoms with van der Waals surface area (Å²) in [6.45, 7) is 2.57. The maximum Gasteiger partial charge on any atom is 0.407 e. The lowest BCUT2D eigenvalue weighted by molar-refractivity contribution is -0.142. The number of carbonyl (C=O) groups excluding carboxylic acids is 2. The highest BCUT2D eigenvalue weighted by molar-refractivity contribution is 5.84. The molecular weight excluding hydrogens is 434 g/mol. The third kappa shape index (κ3) is 6.35. The number of aliphatic carboxylic acids is 1. The summed E-state index contributed by atoms with van der Waals surface area (Å²) in [6.07, 6.45) is 0.188. The van der Waals surface area contributed by atoms with Crippen LogP contribution in [0.2, 0.25) is 0 Å². The van der Waals surface area contributed by atoms with Crippen LogP contribution in [0.5, 0.6) is 0 Å². The fourth-order valence-corrected chi connectivity index (χ4v) is 4.23. The summed E-state index contributed by atoms with van der Waals surface area (Å²) in [4.78, 5) is 38.2. The van der Waals surface area contributed by atoms with E-state index in [9.17, 15) is 19.5 Å². The van der Waals surface area contributed by atoms with E-state index < -0.39 is 30.1 Å². The molecule has 3 rings (SSSR count). The Bertz CT molecular complexity index is 978. The number of nitrogens with one attached hydrogen (secondary N) is 2. The summed E-state index contributed by atoms with van der Waals surface area (Å²) in [5.74, 6) is -1.54. The smallest absolute Gasteiger partial charge is 0.407 e. The van der Waals surface area contributed by atoms with Gasteiger partial charge in [0.2, 0.25) is 5.91 Å². The number of carboxylic acid groups (broad SMARTS) is 1. The second-order valence-corrected chi connectivity index (χ2v) is 8.83. The molecule has 182 valence electrons. The lowest BCUT2D eigenvalue weighted by Gasteiger charge is -2.21. The molecule has 2 aromatic rings. The molecule has 0 heterocycles. The van der Waals surface area contributed by atoms with Crippen molar-refractivity contribution in [3.8, 4) is 11.1 Å². The van der Waals surface area contributed by atoms with Crippen molar-refractivity contribution in [3.05, 3.63) is 59.7 Å². The standard InChI is InChI=1S/C26H33N3O5/c1-4-17(15-24(30)28-23(25(31)32)13-14-29(2)3)27-26(33)34-16-22-20-11-7-5-9-18(20)19-10-6-8-12-21(19)22/h5-12,17,22-23H,4,13-16H2,1-3H3,(H,27,33)(H,28,30)(H,31,32)/t17-,23?/m0/s1. The highest BCUT2D eigenvalue weighted by Crippen LogP contribution is 2.44. The zero-order valence-corrected chi connectivity index (χ0v) is 19.9. The number of alkyl carbamates (subject to hydrolysis) is 1. The Hall–Kier alpha value is -3.39. The molecule has 0 saturated heterocycles. The largest absolute Gasteiger partial charge is 0.480 e. The molecule has 0 radical (unpaired) electrons. The fourth-order valence-electron chi connectivity index (χ4n) is 4.23. The number of benzene rings is 2. The van der Waals surface area contributed by atoms with Crippen molar-refractivity contribution in [2.24, 2.45) is 0 Å². The Morgan fingerprint density at radius 3 is 2.12 bits per heavy atom. The van der Waals surface area contributed by atoms with Crippen LogP contribution in [-0.4, -0.2) is 67.3 Å². The second kappa shape index (κ2) is 11.7. The minimum Gasteiger partial charge on any atom is -0.480 e. The van der Waals surface area contributed by atoms with E-state index in [1.54, 1.807) is 0 Å². The summed E-state index contributed by atoms with van der Waals surface area (Å²) >= 11 is 0. The van der Waals surface area contributed by atoms with Gasteiger partial charge in [-0.05, 0) is 49.2 Å². The monoisotopic (exact) mass is 467 g/mol. The minimum atomic E-state index is -1.08. The topological polar surface area (TPSA) is 108 Å². The van der Waals surface area contributed by atoms with Gasteiger partial charge < -0.3 is 25.4 Å². The number of amides is 2. The van der Waals surface area contributed by atoms with Gasteiger partial charge in [-0.3, -0.25) is 4.79 Å². The van der Waals surface area contributed by atoms with E-state index in [2.05, 4.69) is 34.9 Å². The zero-order chi connectivity index (χ0) is 24.7. The molecule has 0 saturated carbocycles. The van der Waals surface area contributed by atoms with E-state index >= 15 is 0 Å². The van der Waals surface area contributed by atoms with Gasteiger partial charge in [-0.15, -0.1) is 0 Å². The van der Waals surface area contributed by atoms with Crippen molar-refractivity contribution >= 4 is 18.0 Å². The Balaban J connectivity index is 1.54. The molecule has 8 heteroatoms. The van der Waals surface area contributed by atoms with Gasteiger partial charge in [0.1, 0.15) is 12.6 Å². The van der Waals surface area contributed by atoms with Crippen molar-refractivity contribution < 1.29 is 24.2 Å². The van der Waals surface area contributed by atoms with E-state index in [1.807, 2.05) is 50.2 Å². The SMILES string of the molecule is CC[C@@H](CC(=O)NC(CCN(C)C)C(=O)O)NC(=O)OCC1c2ccccc2-c2ccccc21. The number of fused-ring (bicyclic) bond motifs is 3. The first-order chi connectivity index (χ1) is 16.3. The van der Waals surface area contributed by atoms with E-state index in [0.29, 0.717) is 19.4 Å². The fraction of sp³-hybridized carbons (Fsp3) is 0.423. The number of carboxylic acids is 1. The molecule has 8 nitrogen and oxygen atoms in total. The van der Waals surface area contributed by atoms with Crippen LogP contribution in [0, 0.1) is 0 Å². The molecule has 1 aliphatic carbocycles. The van der Waals surface area contributed by atoms with Gasteiger partial charge in [0.15, 0.2) is 0 Å². The molecule has 2 atom stereocenters. The molecule has 0 fully saturated rings. The van der Waals surface area contributed by atoms with E-state index in [-0.39, 0.29) is 18.9 Å². The molecule has 1 aliphatic rings. The second-order valence-electron chi connectivity index (χ2n) is 8.83. The molecule has 0 bridgehead atoms. The molecule has 2 amide bonds. The highest BCUT2D eigenvalue weighted by Gasteiger charge is 2.29. The maximum absolute atomic E-state index is 12.5. The average Bonchev–Trinajstić information content (AvgIpc) is 3.13. The highest BCUT2D eigenvalue weighted by atomic mass is 16.5. The van der Waals surface area contributed by atoms with Crippen molar-refractivity contribution in [2.75, 3.05) is 27.2 Å². The third-order valence-electron chi connectivity index (χ3n) is 6.09. The summed E-state index contributed by atoms with van der Waals surface area (Å²) in [5.41, 5.74) is 4.55. The Morgan fingerprint density at radius 2 is 1.59 bits per heavy atom. The van der Waals surface area contributed by atoms with Gasteiger partial charge in [-0.25, -0.2) is 9.59 Å². The quantitative estimate of drug-likeness (QED) is 0.468. The van der Waals surface area contributed by atoms with Crippen molar-refractivity contribution in [2.45, 2.75) is 44.2 Å². The van der Waals surface area contributed by atoms with Crippen LogP contribution in [0.25, 0.3) is 11.1 Å². The van der Waals surface area contributed by atoms with Gasteiger partial charge in [-0.2, -0.15) is 0 Å². The predicted octanol–water partition coefficient (Wildman–Crippen LogP) is 3.21. The first kappa shape index (κ1) is 25.2. The molecular formula is C26H33N3O5. The zero-order valence-electron chi connectivity index (χ0n) is 19.9. The van der Waals surface area contributed by atoms with Crippen LogP contribution in [0.1, 0.15) is 43.2 Å². The van der Waals surface area contributed by atoms with Gasteiger partial charge in [0.05, 0.1) is 0 Å². The molecule has 2 aromatic carbocycles. The Morgan fingerprint density at radius 1 is 1.00 bits per heavy atom. The lowest BCUT2D eigenvalue weighted by atomic mass is 9.98. The molecule has 0 aromatic heterocycles. The van der Waals surface area contributed by atoms with E-state index in [1.165, 1.54) is 0 Å². The number of hydrogen-bond acceptors (Lipinski definition) is 5. The minimum absolute atomic E-state index is 0.0214. The molecule has 1 unspecified atom stereocenters. The first-order valence-corrected chi connectivity index (χ1v) is 11.6. The number of hydrogen-bond donors (Lipinski definition) is 3. The summed E-state index contributed by atoms with van der Waals surface area (Å²) < 4.78 is 5.56. The Kier molecular flexibility index (Phi) is 8.65. The van der Waals surface area contributed by atoms with Gasteiger partial charge >= 0.3 is 12.1 Å². The first-order valence-electron chi connectivity index (χ1n) is 11.6. The van der Waals surface area contributed by atoms with Crippen LogP contribution < -0.4 is 10.6 Å². The third-order valence-corrected chi connectivity index (χ3v) is 6.09. The van der Waals surface area contributed by atoms with Crippen LogP contribution in [0.4, 0.5) is 4.79 Å². The van der Waals surface area contributed by atoms with Crippen molar-refractivity contribution in [1.82, 2.24) is 15.5 Å². The van der Waals surface area contributed by atoms with E-state index in [0.717, 1.165) is 22.3 Å². The molecule has 0 aliphatic heterocycles. The number of rotatable bonds is 11. The average molecular weight is 468 g/mol.